The lowest BCUT2D eigenvalue weighted by molar-refractivity contribution is -0.145. The Balaban J connectivity index is 1.94. The van der Waals surface area contributed by atoms with Crippen LogP contribution in [0.4, 0.5) is 4.79 Å². The van der Waals surface area contributed by atoms with Crippen LogP contribution in [0.1, 0.15) is 32.3 Å². The fourth-order valence-electron chi connectivity index (χ4n) is 2.40. The second-order valence-corrected chi connectivity index (χ2v) is 7.13. The third-order valence-electron chi connectivity index (χ3n) is 3.87. The van der Waals surface area contributed by atoms with E-state index in [1.165, 1.54) is 0 Å². The summed E-state index contributed by atoms with van der Waals surface area (Å²) in [6.07, 6.45) is 3.36. The van der Waals surface area contributed by atoms with Gasteiger partial charge in [0.2, 0.25) is 5.91 Å². The molecule has 1 aromatic rings. The molecular formula is C20H24N2O6S. The topological polar surface area (TPSA) is 102 Å². The number of carbonyl (C=O) groups is 4. The van der Waals surface area contributed by atoms with Gasteiger partial charge in [0.05, 0.1) is 11.5 Å². The first-order valence-electron chi connectivity index (χ1n) is 9.35. The van der Waals surface area contributed by atoms with E-state index >= 15 is 0 Å². The van der Waals surface area contributed by atoms with Crippen molar-refractivity contribution in [3.8, 4) is 5.75 Å². The lowest BCUT2D eigenvalue weighted by Gasteiger charge is -2.12. The van der Waals surface area contributed by atoms with E-state index in [1.54, 1.807) is 37.3 Å². The number of nitrogens with one attached hydrogen (secondary N) is 1. The van der Waals surface area contributed by atoms with Crippen LogP contribution in [-0.4, -0.2) is 54.2 Å². The molecule has 8 nitrogen and oxygen atoms in total. The zero-order valence-corrected chi connectivity index (χ0v) is 17.3. The van der Waals surface area contributed by atoms with Gasteiger partial charge in [-0.3, -0.25) is 19.3 Å². The first-order chi connectivity index (χ1) is 13.9. The molecule has 29 heavy (non-hydrogen) atoms. The van der Waals surface area contributed by atoms with Crippen molar-refractivity contribution in [1.82, 2.24) is 10.2 Å². The molecule has 1 fully saturated rings. The molecule has 9 heteroatoms. The molecule has 0 atom stereocenters. The minimum Gasteiger partial charge on any atom is -0.482 e. The number of rotatable bonds is 10. The smallest absolute Gasteiger partial charge is 0.344 e. The van der Waals surface area contributed by atoms with Gasteiger partial charge in [-0.05, 0) is 48.9 Å². The standard InChI is InChI=1S/C20H24N2O6S/c1-3-5-10-21-17(23)12-22-19(25)16(29-20(22)26)11-14-6-8-15(9-7-14)28-13-18(24)27-4-2/h6-9,11H,3-5,10,12-13H2,1-2H3,(H,21,23)/b16-11-. The van der Waals surface area contributed by atoms with E-state index < -0.39 is 17.1 Å². The average Bonchev–Trinajstić information content (AvgIpc) is 2.95. The Morgan fingerprint density at radius 3 is 2.55 bits per heavy atom. The van der Waals surface area contributed by atoms with E-state index in [2.05, 4.69) is 5.32 Å². The van der Waals surface area contributed by atoms with Gasteiger partial charge < -0.3 is 14.8 Å². The van der Waals surface area contributed by atoms with E-state index in [-0.39, 0.29) is 30.6 Å². The number of nitrogens with zero attached hydrogens (tertiary/aromatic N) is 1. The molecule has 0 aliphatic carbocycles. The van der Waals surface area contributed by atoms with Gasteiger partial charge in [-0.25, -0.2) is 4.79 Å². The monoisotopic (exact) mass is 420 g/mol. The number of unbranched alkanes of at least 4 members (excludes halogenated alkanes) is 1. The molecule has 1 saturated heterocycles. The molecule has 1 aromatic carbocycles. The maximum atomic E-state index is 12.5. The van der Waals surface area contributed by atoms with Crippen molar-refractivity contribution in [2.45, 2.75) is 26.7 Å². The molecule has 3 amide bonds. The molecule has 2 rings (SSSR count). The number of esters is 1. The summed E-state index contributed by atoms with van der Waals surface area (Å²) in [5, 5.41) is 2.22. The molecule has 1 heterocycles. The summed E-state index contributed by atoms with van der Waals surface area (Å²) in [4.78, 5) is 48.9. The van der Waals surface area contributed by atoms with Gasteiger partial charge in [-0.2, -0.15) is 0 Å². The molecule has 1 N–H and O–H groups in total. The van der Waals surface area contributed by atoms with Gasteiger partial charge >= 0.3 is 5.97 Å². The van der Waals surface area contributed by atoms with Crippen LogP contribution in [0.15, 0.2) is 29.2 Å². The molecule has 156 valence electrons. The second-order valence-electron chi connectivity index (χ2n) is 6.13. The van der Waals surface area contributed by atoms with Crippen LogP contribution in [0, 0.1) is 0 Å². The fraction of sp³-hybridized carbons (Fsp3) is 0.400. The minimum absolute atomic E-state index is 0.188. The predicted molar refractivity (Wildman–Crippen MR) is 109 cm³/mol. The van der Waals surface area contributed by atoms with E-state index in [9.17, 15) is 19.2 Å². The fourth-order valence-corrected chi connectivity index (χ4v) is 3.24. The molecule has 0 spiro atoms. The Morgan fingerprint density at radius 1 is 1.17 bits per heavy atom. The summed E-state index contributed by atoms with van der Waals surface area (Å²) in [5.74, 6) is -0.825. The first kappa shape index (κ1) is 22.5. The number of hydrogen-bond acceptors (Lipinski definition) is 7. The highest BCUT2D eigenvalue weighted by Crippen LogP contribution is 2.32. The number of amides is 3. The summed E-state index contributed by atoms with van der Waals surface area (Å²) in [5.41, 5.74) is 0.686. The number of benzene rings is 1. The normalized spacial score (nSPS) is 15.0. The lowest BCUT2D eigenvalue weighted by atomic mass is 10.2. The molecular weight excluding hydrogens is 396 g/mol. The predicted octanol–water partition coefficient (Wildman–Crippen LogP) is 2.58. The van der Waals surface area contributed by atoms with Crippen molar-refractivity contribution in [1.29, 1.82) is 0 Å². The zero-order valence-electron chi connectivity index (χ0n) is 16.4. The van der Waals surface area contributed by atoms with Crippen molar-refractivity contribution >= 4 is 40.9 Å². The summed E-state index contributed by atoms with van der Waals surface area (Å²) in [7, 11) is 0. The molecule has 0 bridgehead atoms. The zero-order chi connectivity index (χ0) is 21.2. The Morgan fingerprint density at radius 2 is 1.90 bits per heavy atom. The first-order valence-corrected chi connectivity index (χ1v) is 10.2. The second kappa shape index (κ2) is 11.3. The highest BCUT2D eigenvalue weighted by atomic mass is 32.2. The van der Waals surface area contributed by atoms with E-state index in [0.717, 1.165) is 29.5 Å². The van der Waals surface area contributed by atoms with Crippen LogP contribution >= 0.6 is 11.8 Å². The third-order valence-corrected chi connectivity index (χ3v) is 4.78. The van der Waals surface area contributed by atoms with Crippen molar-refractivity contribution < 1.29 is 28.7 Å². The largest absolute Gasteiger partial charge is 0.482 e. The van der Waals surface area contributed by atoms with Crippen LogP contribution in [-0.2, 0) is 19.1 Å². The number of ether oxygens (including phenoxy) is 2. The molecule has 0 saturated carbocycles. The molecule has 0 unspecified atom stereocenters. The maximum absolute atomic E-state index is 12.5. The van der Waals surface area contributed by atoms with Crippen LogP contribution in [0.2, 0.25) is 0 Å². The van der Waals surface area contributed by atoms with Gasteiger partial charge in [0.1, 0.15) is 12.3 Å². The SMILES string of the molecule is CCCCNC(=O)CN1C(=O)S/C(=C\c2ccc(OCC(=O)OCC)cc2)C1=O. The number of imide groups is 1. The molecule has 1 aliphatic heterocycles. The molecule has 0 aromatic heterocycles. The van der Waals surface area contributed by atoms with Crippen molar-refractivity contribution in [3.63, 3.8) is 0 Å². The number of thioether (sulfide) groups is 1. The van der Waals surface area contributed by atoms with Crippen LogP contribution < -0.4 is 10.1 Å². The summed E-state index contributed by atoms with van der Waals surface area (Å²) < 4.78 is 10.1. The van der Waals surface area contributed by atoms with Gasteiger partial charge in [-0.15, -0.1) is 0 Å². The van der Waals surface area contributed by atoms with Gasteiger partial charge in [-0.1, -0.05) is 25.5 Å². The van der Waals surface area contributed by atoms with Crippen LogP contribution in [0.5, 0.6) is 5.75 Å². The minimum atomic E-state index is -0.492. The number of carbonyl (C=O) groups excluding carboxylic acids is 4. The Hall–Kier alpha value is -2.81. The number of hydrogen-bond donors (Lipinski definition) is 1. The Labute approximate surface area is 173 Å². The third kappa shape index (κ3) is 6.94. The van der Waals surface area contributed by atoms with Crippen molar-refractivity contribution in [2.75, 3.05) is 26.3 Å². The highest BCUT2D eigenvalue weighted by molar-refractivity contribution is 8.18. The average molecular weight is 420 g/mol. The van der Waals surface area contributed by atoms with Crippen LogP contribution in [0.25, 0.3) is 6.08 Å². The summed E-state index contributed by atoms with van der Waals surface area (Å²) in [6.45, 7) is 4.06. The Bertz CT molecular complexity index is 791. The quantitative estimate of drug-likeness (QED) is 0.353. The summed E-state index contributed by atoms with van der Waals surface area (Å²) >= 11 is 0.797. The molecule has 1 aliphatic rings. The summed E-state index contributed by atoms with van der Waals surface area (Å²) in [6, 6.07) is 6.70. The van der Waals surface area contributed by atoms with E-state index in [0.29, 0.717) is 17.9 Å². The Kier molecular flexibility index (Phi) is 8.72. The molecule has 0 radical (unpaired) electrons. The highest BCUT2D eigenvalue weighted by Gasteiger charge is 2.36. The van der Waals surface area contributed by atoms with Gasteiger partial charge in [0.25, 0.3) is 11.1 Å². The van der Waals surface area contributed by atoms with Gasteiger partial charge in [0.15, 0.2) is 6.61 Å². The van der Waals surface area contributed by atoms with E-state index in [1.807, 2.05) is 6.92 Å². The maximum Gasteiger partial charge on any atom is 0.344 e. The van der Waals surface area contributed by atoms with Crippen molar-refractivity contribution in [2.24, 2.45) is 0 Å². The lowest BCUT2D eigenvalue weighted by Crippen LogP contribution is -2.39. The van der Waals surface area contributed by atoms with Gasteiger partial charge in [0, 0.05) is 6.54 Å². The van der Waals surface area contributed by atoms with Crippen molar-refractivity contribution in [3.05, 3.63) is 34.7 Å². The van der Waals surface area contributed by atoms with E-state index in [4.69, 9.17) is 9.47 Å². The van der Waals surface area contributed by atoms with Crippen LogP contribution in [0.3, 0.4) is 0 Å².